The average Bonchev–Trinajstić information content (AvgIpc) is 2.80. The molecule has 0 aliphatic heterocycles. The molecule has 3 aliphatic carbocycles. The zero-order valence-electron chi connectivity index (χ0n) is 22.2. The molecule has 1 fully saturated rings. The van der Waals surface area contributed by atoms with Crippen molar-refractivity contribution in [3.8, 4) is 5.75 Å². The minimum atomic E-state index is -2.89. The lowest BCUT2D eigenvalue weighted by Crippen LogP contribution is -2.65. The maximum Gasteiger partial charge on any atom is 0.342 e. The van der Waals surface area contributed by atoms with E-state index < -0.39 is 92.2 Å². The number of likely N-dealkylation sites (N-methyl/N-ethyl adjacent to an activating group) is 1. The monoisotopic (exact) mass is 550 g/mol. The summed E-state index contributed by atoms with van der Waals surface area (Å²) in [4.78, 5) is 39.9. The zero-order chi connectivity index (χ0) is 29.4. The van der Waals surface area contributed by atoms with Gasteiger partial charge in [-0.25, -0.2) is 13.6 Å². The van der Waals surface area contributed by atoms with Crippen molar-refractivity contribution in [2.45, 2.75) is 51.8 Å². The summed E-state index contributed by atoms with van der Waals surface area (Å²) >= 11 is 0. The molecule has 212 valence electrons. The van der Waals surface area contributed by atoms with Gasteiger partial charge in [0.15, 0.2) is 28.8 Å². The number of rotatable bonds is 5. The molecule has 1 aromatic carbocycles. The van der Waals surface area contributed by atoms with E-state index in [0.29, 0.717) is 6.54 Å². The van der Waals surface area contributed by atoms with Crippen LogP contribution in [0, 0.1) is 28.9 Å². The zero-order valence-corrected chi connectivity index (χ0v) is 22.2. The Morgan fingerprint density at radius 3 is 2.28 bits per heavy atom. The maximum atomic E-state index is 15.3. The van der Waals surface area contributed by atoms with Crippen molar-refractivity contribution in [1.82, 2.24) is 10.2 Å². The third-order valence-corrected chi connectivity index (χ3v) is 7.78. The normalized spacial score (nSPS) is 27.1. The molecule has 6 N–H and O–H groups in total. The Kier molecular flexibility index (Phi) is 6.90. The summed E-state index contributed by atoms with van der Waals surface area (Å²) in [5.41, 5.74) is -6.08. The number of carbonyl (C=O) groups is 3. The van der Waals surface area contributed by atoms with Gasteiger partial charge in [0.05, 0.1) is 11.6 Å². The Balaban J connectivity index is 1.90. The Bertz CT molecular complexity index is 1360. The minimum Gasteiger partial charge on any atom is -0.508 e. The van der Waals surface area contributed by atoms with E-state index in [9.17, 15) is 39.9 Å². The van der Waals surface area contributed by atoms with Gasteiger partial charge in [-0.05, 0) is 38.3 Å². The van der Waals surface area contributed by atoms with E-state index in [2.05, 4.69) is 5.32 Å². The second-order valence-corrected chi connectivity index (χ2v) is 11.9. The summed E-state index contributed by atoms with van der Waals surface area (Å²) in [5, 5.41) is 56.9. The van der Waals surface area contributed by atoms with Crippen LogP contribution in [0.2, 0.25) is 0 Å². The van der Waals surface area contributed by atoms with Gasteiger partial charge in [0.25, 0.3) is 0 Å². The molecule has 0 bridgehead atoms. The number of Topliss-reactive ketones (excluding diaryl/α,β-unsaturated/α-hetero) is 2. The van der Waals surface area contributed by atoms with E-state index in [0.717, 1.165) is 0 Å². The van der Waals surface area contributed by atoms with Gasteiger partial charge in [-0.2, -0.15) is 0 Å². The Hall–Kier alpha value is -3.35. The fraction of sp³-hybridized carbons (Fsp3) is 0.519. The molecular formula is C27H32F2N2O8. The number of halogens is 2. The molecule has 10 nitrogen and oxygen atoms in total. The largest absolute Gasteiger partial charge is 0.508 e. The summed E-state index contributed by atoms with van der Waals surface area (Å²) in [7, 11) is 2.85. The predicted octanol–water partition coefficient (Wildman–Crippen LogP) is 1.98. The fourth-order valence-corrected chi connectivity index (χ4v) is 6.04. The lowest BCUT2D eigenvalue weighted by atomic mass is 9.57. The SMILES string of the molecule is CN(C)[C@@H]1C(=O)C(C(=O)O)=C(O)[C@@]2(O)C(=O)C3=C(O)c4c(O)c(CNCC(C)(C)C)c(F)c(F)c4C[C@H]3C[C@@H]12. The van der Waals surface area contributed by atoms with Gasteiger partial charge < -0.3 is 30.8 Å². The van der Waals surface area contributed by atoms with E-state index >= 15 is 8.78 Å². The van der Waals surface area contributed by atoms with Gasteiger partial charge in [-0.1, -0.05) is 20.8 Å². The smallest absolute Gasteiger partial charge is 0.342 e. The number of hydrogen-bond donors (Lipinski definition) is 6. The van der Waals surface area contributed by atoms with Crippen molar-refractivity contribution in [3.05, 3.63) is 45.2 Å². The number of aliphatic hydroxyl groups excluding tert-OH is 2. The number of aliphatic hydroxyl groups is 3. The molecule has 12 heteroatoms. The number of nitrogens with one attached hydrogen (secondary N) is 1. The van der Waals surface area contributed by atoms with Gasteiger partial charge >= 0.3 is 5.97 Å². The number of benzene rings is 1. The van der Waals surface area contributed by atoms with Gasteiger partial charge in [0, 0.05) is 35.7 Å². The first-order valence-electron chi connectivity index (χ1n) is 12.5. The number of ketones is 2. The number of nitrogens with zero attached hydrogens (tertiary/aromatic N) is 1. The molecule has 4 rings (SSSR count). The van der Waals surface area contributed by atoms with Gasteiger partial charge in [-0.3, -0.25) is 14.5 Å². The van der Waals surface area contributed by atoms with Crippen LogP contribution >= 0.6 is 0 Å². The number of carbonyl (C=O) groups excluding carboxylic acids is 2. The summed E-state index contributed by atoms with van der Waals surface area (Å²) in [6, 6.07) is -1.35. The van der Waals surface area contributed by atoms with Gasteiger partial charge in [0.1, 0.15) is 17.1 Å². The number of carboxylic acids is 1. The molecule has 1 saturated carbocycles. The van der Waals surface area contributed by atoms with Gasteiger partial charge in [-0.15, -0.1) is 0 Å². The lowest BCUT2D eigenvalue weighted by Gasteiger charge is -2.50. The Morgan fingerprint density at radius 2 is 1.74 bits per heavy atom. The molecule has 0 spiro atoms. The number of carboxylic acid groups (broad SMARTS) is 1. The number of aliphatic carboxylic acids is 1. The van der Waals surface area contributed by atoms with Crippen molar-refractivity contribution in [2.75, 3.05) is 20.6 Å². The molecule has 0 saturated heterocycles. The number of hydrogen-bond acceptors (Lipinski definition) is 9. The van der Waals surface area contributed by atoms with Crippen LogP contribution in [0.25, 0.3) is 5.76 Å². The van der Waals surface area contributed by atoms with E-state index in [4.69, 9.17) is 0 Å². The summed E-state index contributed by atoms with van der Waals surface area (Å²) in [6.07, 6.45) is -0.618. The van der Waals surface area contributed by atoms with Crippen LogP contribution in [-0.2, 0) is 27.3 Å². The Labute approximate surface area is 223 Å². The molecule has 0 amide bonds. The van der Waals surface area contributed by atoms with Crippen molar-refractivity contribution in [3.63, 3.8) is 0 Å². The maximum absolute atomic E-state index is 15.3. The predicted molar refractivity (Wildman–Crippen MR) is 134 cm³/mol. The van der Waals surface area contributed by atoms with Crippen LogP contribution in [-0.4, -0.2) is 80.3 Å². The number of aromatic hydroxyl groups is 1. The van der Waals surface area contributed by atoms with Crippen molar-refractivity contribution in [1.29, 1.82) is 0 Å². The van der Waals surface area contributed by atoms with Crippen molar-refractivity contribution >= 4 is 23.3 Å². The lowest BCUT2D eigenvalue weighted by molar-refractivity contribution is -0.155. The van der Waals surface area contributed by atoms with Crippen molar-refractivity contribution in [2.24, 2.45) is 17.3 Å². The van der Waals surface area contributed by atoms with Crippen LogP contribution in [0.15, 0.2) is 16.9 Å². The average molecular weight is 551 g/mol. The van der Waals surface area contributed by atoms with Gasteiger partial charge in [0.2, 0.25) is 5.78 Å². The van der Waals surface area contributed by atoms with Crippen LogP contribution in [0.5, 0.6) is 5.75 Å². The molecule has 4 atom stereocenters. The van der Waals surface area contributed by atoms with E-state index in [1.807, 2.05) is 20.8 Å². The number of phenols is 1. The summed E-state index contributed by atoms with van der Waals surface area (Å²) < 4.78 is 30.4. The Morgan fingerprint density at radius 1 is 1.13 bits per heavy atom. The topological polar surface area (TPSA) is 168 Å². The van der Waals surface area contributed by atoms with Crippen molar-refractivity contribution < 1.29 is 48.7 Å². The minimum absolute atomic E-state index is 0.215. The van der Waals surface area contributed by atoms with Crippen LogP contribution in [0.3, 0.4) is 0 Å². The van der Waals surface area contributed by atoms with E-state index in [1.165, 1.54) is 19.0 Å². The van der Waals surface area contributed by atoms with Crippen LogP contribution in [0.1, 0.15) is 43.9 Å². The third kappa shape index (κ3) is 4.21. The summed E-state index contributed by atoms with van der Waals surface area (Å²) in [6.45, 7) is 5.82. The highest BCUT2D eigenvalue weighted by Crippen LogP contribution is 2.53. The number of phenolic OH excluding ortho intramolecular Hbond substituents is 1. The molecule has 1 aromatic rings. The molecule has 39 heavy (non-hydrogen) atoms. The standard InChI is InChI=1S/C27H32F2N2O8/c1-26(2,3)9-30-8-12-18(29)17(28)11-6-10-7-13-19(31(4)5)22(34)16(25(37)38)24(36)27(13,39)23(35)14(10)21(33)15(11)20(12)32/h10,13,19,30,32-33,36,39H,6-9H2,1-5H3,(H,37,38)/t10-,13-,19-,27-/m0/s1. The fourth-order valence-electron chi connectivity index (χ4n) is 6.04. The first kappa shape index (κ1) is 28.7. The van der Waals surface area contributed by atoms with Crippen LogP contribution in [0.4, 0.5) is 8.78 Å². The highest BCUT2D eigenvalue weighted by molar-refractivity contribution is 6.23. The molecule has 0 aromatic heterocycles. The highest BCUT2D eigenvalue weighted by atomic mass is 19.2. The molecule has 3 aliphatic rings. The molecular weight excluding hydrogens is 518 g/mol. The second kappa shape index (κ2) is 9.39. The van der Waals surface area contributed by atoms with E-state index in [-0.39, 0.29) is 30.4 Å². The number of fused-ring (bicyclic) bond motifs is 3. The second-order valence-electron chi connectivity index (χ2n) is 11.9. The highest BCUT2D eigenvalue weighted by Gasteiger charge is 2.64. The van der Waals surface area contributed by atoms with E-state index in [1.54, 1.807) is 0 Å². The molecule has 0 heterocycles. The molecule has 0 radical (unpaired) electrons. The quantitative estimate of drug-likeness (QED) is 0.298. The molecule has 0 unspecified atom stereocenters. The first-order valence-corrected chi connectivity index (χ1v) is 12.5. The van der Waals surface area contributed by atoms with Crippen LogP contribution < -0.4 is 5.32 Å². The summed E-state index contributed by atoms with van der Waals surface area (Å²) in [5.74, 6) is -12.2. The first-order chi connectivity index (χ1) is 17.9. The third-order valence-electron chi connectivity index (χ3n) is 7.78.